The van der Waals surface area contributed by atoms with E-state index in [1.54, 1.807) is 11.3 Å². The number of hydrogen-bond donors (Lipinski definition) is 1. The van der Waals surface area contributed by atoms with Crippen molar-refractivity contribution >= 4 is 17.4 Å². The SMILES string of the molecule is Cc1sccc1/C=C/CCNC(C)(C)C. The topological polar surface area (TPSA) is 12.0 Å². The summed E-state index contributed by atoms with van der Waals surface area (Å²) in [5.74, 6) is 0. The highest BCUT2D eigenvalue weighted by molar-refractivity contribution is 7.10. The second-order valence-electron chi connectivity index (χ2n) is 4.80. The molecule has 1 heterocycles. The van der Waals surface area contributed by atoms with Crippen molar-refractivity contribution in [3.8, 4) is 0 Å². The zero-order chi connectivity index (χ0) is 11.3. The molecule has 1 aromatic rings. The first-order valence-corrected chi connectivity index (χ1v) is 6.33. The lowest BCUT2D eigenvalue weighted by molar-refractivity contribution is 0.431. The van der Waals surface area contributed by atoms with Crippen LogP contribution in [0.25, 0.3) is 6.08 Å². The minimum Gasteiger partial charge on any atom is -0.312 e. The van der Waals surface area contributed by atoms with Crippen molar-refractivity contribution in [3.05, 3.63) is 28.0 Å². The number of hydrogen-bond acceptors (Lipinski definition) is 2. The molecule has 0 spiro atoms. The van der Waals surface area contributed by atoms with E-state index >= 15 is 0 Å². The number of thiophene rings is 1. The second kappa shape index (κ2) is 5.47. The van der Waals surface area contributed by atoms with Gasteiger partial charge in [-0.3, -0.25) is 0 Å². The molecular weight excluding hydrogens is 202 g/mol. The van der Waals surface area contributed by atoms with E-state index in [-0.39, 0.29) is 5.54 Å². The summed E-state index contributed by atoms with van der Waals surface area (Å²) in [6.45, 7) is 9.79. The molecule has 0 radical (unpaired) electrons. The van der Waals surface area contributed by atoms with E-state index in [2.05, 4.69) is 56.6 Å². The fourth-order valence-electron chi connectivity index (χ4n) is 1.31. The van der Waals surface area contributed by atoms with Gasteiger partial charge in [-0.25, -0.2) is 0 Å². The van der Waals surface area contributed by atoms with Gasteiger partial charge in [-0.2, -0.15) is 0 Å². The predicted molar refractivity (Wildman–Crippen MR) is 70.5 cm³/mol. The smallest absolute Gasteiger partial charge is 0.00966 e. The maximum Gasteiger partial charge on any atom is 0.00966 e. The van der Waals surface area contributed by atoms with E-state index in [0.717, 1.165) is 13.0 Å². The second-order valence-corrected chi connectivity index (χ2v) is 5.92. The molecule has 0 unspecified atom stereocenters. The molecule has 0 fully saturated rings. The zero-order valence-electron chi connectivity index (χ0n) is 10.1. The third-order valence-corrected chi connectivity index (χ3v) is 3.02. The van der Waals surface area contributed by atoms with Crippen LogP contribution in [0.3, 0.4) is 0 Å². The van der Waals surface area contributed by atoms with Gasteiger partial charge in [0.05, 0.1) is 0 Å². The van der Waals surface area contributed by atoms with Crippen LogP contribution in [-0.2, 0) is 0 Å². The van der Waals surface area contributed by atoms with Gasteiger partial charge in [0.25, 0.3) is 0 Å². The molecule has 0 atom stereocenters. The van der Waals surface area contributed by atoms with Gasteiger partial charge in [0, 0.05) is 10.4 Å². The molecule has 0 saturated heterocycles. The third-order valence-electron chi connectivity index (χ3n) is 2.16. The van der Waals surface area contributed by atoms with Crippen molar-refractivity contribution in [1.82, 2.24) is 5.32 Å². The molecule has 1 aromatic heterocycles. The Bertz CT molecular complexity index is 318. The van der Waals surface area contributed by atoms with E-state index in [9.17, 15) is 0 Å². The predicted octanol–water partition coefficient (Wildman–Crippen LogP) is 3.85. The lowest BCUT2D eigenvalue weighted by Gasteiger charge is -2.19. The molecule has 1 nitrogen and oxygen atoms in total. The van der Waals surface area contributed by atoms with Crippen molar-refractivity contribution < 1.29 is 0 Å². The molecule has 2 heteroatoms. The van der Waals surface area contributed by atoms with Crippen LogP contribution in [0.1, 0.15) is 37.6 Å². The lowest BCUT2D eigenvalue weighted by atomic mass is 10.1. The fraction of sp³-hybridized carbons (Fsp3) is 0.538. The van der Waals surface area contributed by atoms with Crippen LogP contribution in [0.2, 0.25) is 0 Å². The van der Waals surface area contributed by atoms with Gasteiger partial charge in [-0.1, -0.05) is 12.2 Å². The fourth-order valence-corrected chi connectivity index (χ4v) is 2.00. The van der Waals surface area contributed by atoms with E-state index in [1.165, 1.54) is 10.4 Å². The Morgan fingerprint density at radius 3 is 2.67 bits per heavy atom. The molecule has 0 bridgehead atoms. The summed E-state index contributed by atoms with van der Waals surface area (Å²) in [5, 5.41) is 5.61. The zero-order valence-corrected chi connectivity index (χ0v) is 10.9. The third kappa shape index (κ3) is 5.14. The first-order chi connectivity index (χ1) is 6.99. The molecule has 1 N–H and O–H groups in total. The first-order valence-electron chi connectivity index (χ1n) is 5.45. The Morgan fingerprint density at radius 1 is 1.40 bits per heavy atom. The summed E-state index contributed by atoms with van der Waals surface area (Å²) >= 11 is 1.81. The van der Waals surface area contributed by atoms with Crippen molar-refractivity contribution in [2.75, 3.05) is 6.54 Å². The summed E-state index contributed by atoms with van der Waals surface area (Å²) in [7, 11) is 0. The molecular formula is C13H21NS. The van der Waals surface area contributed by atoms with Crippen LogP contribution >= 0.6 is 11.3 Å². The molecule has 0 aromatic carbocycles. The van der Waals surface area contributed by atoms with Crippen LogP contribution in [0.5, 0.6) is 0 Å². The van der Waals surface area contributed by atoms with Crippen LogP contribution in [0.15, 0.2) is 17.5 Å². The maximum atomic E-state index is 3.47. The summed E-state index contributed by atoms with van der Waals surface area (Å²) in [4.78, 5) is 1.40. The first kappa shape index (κ1) is 12.5. The monoisotopic (exact) mass is 223 g/mol. The van der Waals surface area contributed by atoms with Crippen LogP contribution in [-0.4, -0.2) is 12.1 Å². The molecule has 0 aliphatic rings. The van der Waals surface area contributed by atoms with Gasteiger partial charge in [0.15, 0.2) is 0 Å². The van der Waals surface area contributed by atoms with E-state index in [0.29, 0.717) is 0 Å². The average molecular weight is 223 g/mol. The van der Waals surface area contributed by atoms with Gasteiger partial charge >= 0.3 is 0 Å². The summed E-state index contributed by atoms with van der Waals surface area (Å²) in [6.07, 6.45) is 5.55. The number of aryl methyl sites for hydroxylation is 1. The summed E-state index contributed by atoms with van der Waals surface area (Å²) < 4.78 is 0. The normalized spacial score (nSPS) is 12.5. The highest BCUT2D eigenvalue weighted by atomic mass is 32.1. The minimum absolute atomic E-state index is 0.228. The van der Waals surface area contributed by atoms with E-state index in [1.807, 2.05) is 0 Å². The average Bonchev–Trinajstić information content (AvgIpc) is 2.49. The van der Waals surface area contributed by atoms with Gasteiger partial charge in [-0.15, -0.1) is 11.3 Å². The molecule has 1 rings (SSSR count). The van der Waals surface area contributed by atoms with Gasteiger partial charge in [0.2, 0.25) is 0 Å². The van der Waals surface area contributed by atoms with Crippen molar-refractivity contribution in [3.63, 3.8) is 0 Å². The number of nitrogens with one attached hydrogen (secondary N) is 1. The van der Waals surface area contributed by atoms with Gasteiger partial charge in [0.1, 0.15) is 0 Å². The van der Waals surface area contributed by atoms with E-state index < -0.39 is 0 Å². The standard InChI is InChI=1S/C13H21NS/c1-11-12(8-10-15-11)7-5-6-9-14-13(2,3)4/h5,7-8,10,14H,6,9H2,1-4H3/b7-5+. The molecule has 0 aliphatic heterocycles. The molecule has 0 amide bonds. The number of rotatable bonds is 4. The Hall–Kier alpha value is -0.600. The largest absolute Gasteiger partial charge is 0.312 e. The Morgan fingerprint density at radius 2 is 2.13 bits per heavy atom. The lowest BCUT2D eigenvalue weighted by Crippen LogP contribution is -2.36. The minimum atomic E-state index is 0.228. The molecule has 15 heavy (non-hydrogen) atoms. The summed E-state index contributed by atoms with van der Waals surface area (Å²) in [5.41, 5.74) is 1.59. The highest BCUT2D eigenvalue weighted by Crippen LogP contribution is 2.16. The van der Waals surface area contributed by atoms with Crippen LogP contribution in [0.4, 0.5) is 0 Å². The Balaban J connectivity index is 2.27. The Kier molecular flexibility index (Phi) is 4.55. The van der Waals surface area contributed by atoms with Crippen molar-refractivity contribution in [2.45, 2.75) is 39.7 Å². The Labute approximate surface area is 97.2 Å². The van der Waals surface area contributed by atoms with Gasteiger partial charge in [-0.05, 0) is 57.7 Å². The molecule has 0 aliphatic carbocycles. The molecule has 0 saturated carbocycles. The van der Waals surface area contributed by atoms with Crippen LogP contribution < -0.4 is 5.32 Å². The van der Waals surface area contributed by atoms with Crippen molar-refractivity contribution in [1.29, 1.82) is 0 Å². The maximum absolute atomic E-state index is 3.47. The van der Waals surface area contributed by atoms with E-state index in [4.69, 9.17) is 0 Å². The van der Waals surface area contributed by atoms with Crippen molar-refractivity contribution in [2.24, 2.45) is 0 Å². The molecule has 84 valence electrons. The van der Waals surface area contributed by atoms with Crippen LogP contribution in [0, 0.1) is 6.92 Å². The quantitative estimate of drug-likeness (QED) is 0.765. The highest BCUT2D eigenvalue weighted by Gasteiger charge is 2.06. The van der Waals surface area contributed by atoms with Gasteiger partial charge < -0.3 is 5.32 Å². The summed E-state index contributed by atoms with van der Waals surface area (Å²) in [6, 6.07) is 2.17.